The molecule has 3 N–H and O–H groups in total. The van der Waals surface area contributed by atoms with E-state index >= 15 is 0 Å². The van der Waals surface area contributed by atoms with E-state index in [0.29, 0.717) is 5.56 Å². The van der Waals surface area contributed by atoms with Crippen molar-refractivity contribution in [1.82, 2.24) is 5.32 Å². The van der Waals surface area contributed by atoms with Gasteiger partial charge in [-0.2, -0.15) is 0 Å². The minimum absolute atomic E-state index is 0.0657. The van der Waals surface area contributed by atoms with Crippen molar-refractivity contribution in [1.29, 1.82) is 0 Å². The van der Waals surface area contributed by atoms with E-state index in [9.17, 15) is 23.8 Å². The van der Waals surface area contributed by atoms with Crippen LogP contribution in [-0.4, -0.2) is 16.1 Å². The van der Waals surface area contributed by atoms with Gasteiger partial charge in [0.25, 0.3) is 5.91 Å². The smallest absolute Gasteiger partial charge is 0.259 e. The normalized spacial score (nSPS) is 10.3. The van der Waals surface area contributed by atoms with Gasteiger partial charge in [-0.15, -0.1) is 0 Å². The van der Waals surface area contributed by atoms with Crippen LogP contribution in [-0.2, 0) is 6.54 Å². The van der Waals surface area contributed by atoms with Crippen molar-refractivity contribution in [3.05, 3.63) is 59.2 Å². The summed E-state index contributed by atoms with van der Waals surface area (Å²) in [4.78, 5) is 11.8. The number of rotatable bonds is 3. The molecule has 0 atom stereocenters. The van der Waals surface area contributed by atoms with Crippen LogP contribution < -0.4 is 5.32 Å². The molecule has 6 heteroatoms. The van der Waals surface area contributed by atoms with Crippen LogP contribution >= 0.6 is 0 Å². The SMILES string of the molecule is O=C(NCc1ccc(F)c(F)c1)c1c(O)cccc1O. The molecular formula is C14H11F2NO3. The highest BCUT2D eigenvalue weighted by Gasteiger charge is 2.15. The molecule has 0 radical (unpaired) electrons. The fraction of sp³-hybridized carbons (Fsp3) is 0.0714. The minimum Gasteiger partial charge on any atom is -0.507 e. The Labute approximate surface area is 113 Å². The van der Waals surface area contributed by atoms with Crippen molar-refractivity contribution in [2.75, 3.05) is 0 Å². The van der Waals surface area contributed by atoms with E-state index in [2.05, 4.69) is 5.32 Å². The third kappa shape index (κ3) is 2.85. The zero-order chi connectivity index (χ0) is 14.7. The van der Waals surface area contributed by atoms with Gasteiger partial charge in [-0.3, -0.25) is 4.79 Å². The van der Waals surface area contributed by atoms with Gasteiger partial charge in [0.05, 0.1) is 0 Å². The molecule has 4 nitrogen and oxygen atoms in total. The molecular weight excluding hydrogens is 268 g/mol. The summed E-state index contributed by atoms with van der Waals surface area (Å²) in [6.07, 6.45) is 0. The van der Waals surface area contributed by atoms with Crippen molar-refractivity contribution in [2.24, 2.45) is 0 Å². The average molecular weight is 279 g/mol. The number of phenols is 2. The molecule has 0 aliphatic carbocycles. The Balaban J connectivity index is 2.11. The van der Waals surface area contributed by atoms with Crippen LogP contribution in [0.2, 0.25) is 0 Å². The maximum absolute atomic E-state index is 13.0. The molecule has 0 aromatic heterocycles. The van der Waals surface area contributed by atoms with Crippen LogP contribution in [0.15, 0.2) is 36.4 Å². The molecule has 0 bridgehead atoms. The highest BCUT2D eigenvalue weighted by atomic mass is 19.2. The van der Waals surface area contributed by atoms with Crippen molar-refractivity contribution >= 4 is 5.91 Å². The zero-order valence-corrected chi connectivity index (χ0v) is 10.2. The van der Waals surface area contributed by atoms with E-state index < -0.39 is 17.5 Å². The predicted octanol–water partition coefficient (Wildman–Crippen LogP) is 2.31. The lowest BCUT2D eigenvalue weighted by Crippen LogP contribution is -2.23. The van der Waals surface area contributed by atoms with Crippen molar-refractivity contribution in [2.45, 2.75) is 6.54 Å². The van der Waals surface area contributed by atoms with E-state index in [4.69, 9.17) is 0 Å². The van der Waals surface area contributed by atoms with Crippen LogP contribution in [0.1, 0.15) is 15.9 Å². The summed E-state index contributed by atoms with van der Waals surface area (Å²) in [7, 11) is 0. The Kier molecular flexibility index (Phi) is 3.84. The molecule has 0 saturated heterocycles. The van der Waals surface area contributed by atoms with E-state index in [1.807, 2.05) is 0 Å². The van der Waals surface area contributed by atoms with E-state index in [1.165, 1.54) is 24.3 Å². The Bertz CT molecular complexity index is 639. The summed E-state index contributed by atoms with van der Waals surface area (Å²) >= 11 is 0. The van der Waals surface area contributed by atoms with Crippen molar-refractivity contribution < 1.29 is 23.8 Å². The second kappa shape index (κ2) is 5.56. The first-order chi connectivity index (χ1) is 9.49. The highest BCUT2D eigenvalue weighted by molar-refractivity contribution is 5.99. The van der Waals surface area contributed by atoms with E-state index in [1.54, 1.807) is 0 Å². The number of hydrogen-bond donors (Lipinski definition) is 3. The van der Waals surface area contributed by atoms with Crippen LogP contribution in [0, 0.1) is 11.6 Å². The maximum Gasteiger partial charge on any atom is 0.259 e. The summed E-state index contributed by atoms with van der Waals surface area (Å²) in [5.74, 6) is -3.44. The topological polar surface area (TPSA) is 69.6 Å². The summed E-state index contributed by atoms with van der Waals surface area (Å²) in [5, 5.41) is 21.4. The van der Waals surface area contributed by atoms with Gasteiger partial charge in [0, 0.05) is 6.54 Å². The predicted molar refractivity (Wildman–Crippen MR) is 67.3 cm³/mol. The molecule has 20 heavy (non-hydrogen) atoms. The van der Waals surface area contributed by atoms with Crippen LogP contribution in [0.5, 0.6) is 11.5 Å². The number of halogens is 2. The largest absolute Gasteiger partial charge is 0.507 e. The van der Waals surface area contributed by atoms with Gasteiger partial charge < -0.3 is 15.5 Å². The van der Waals surface area contributed by atoms with Gasteiger partial charge in [0.1, 0.15) is 17.1 Å². The molecule has 1 amide bonds. The lowest BCUT2D eigenvalue weighted by Gasteiger charge is -2.08. The first-order valence-electron chi connectivity index (χ1n) is 5.72. The van der Waals surface area contributed by atoms with Gasteiger partial charge in [-0.05, 0) is 29.8 Å². The monoisotopic (exact) mass is 279 g/mol. The molecule has 0 aliphatic heterocycles. The van der Waals surface area contributed by atoms with Crippen molar-refractivity contribution in [3.63, 3.8) is 0 Å². The number of carbonyl (C=O) groups is 1. The Morgan fingerprint density at radius 3 is 2.30 bits per heavy atom. The Morgan fingerprint density at radius 1 is 1.05 bits per heavy atom. The third-order valence-electron chi connectivity index (χ3n) is 2.68. The second-order valence-corrected chi connectivity index (χ2v) is 4.10. The number of phenolic OH excluding ortho intramolecular Hbond substituents is 2. The molecule has 0 aliphatic rings. The number of carbonyl (C=O) groups excluding carboxylic acids is 1. The van der Waals surface area contributed by atoms with Gasteiger partial charge in [-0.25, -0.2) is 8.78 Å². The third-order valence-corrected chi connectivity index (χ3v) is 2.68. The standard InChI is InChI=1S/C14H11F2NO3/c15-9-5-4-8(6-10(9)16)7-17-14(20)13-11(18)2-1-3-12(13)19/h1-6,18-19H,7H2,(H,17,20). The second-order valence-electron chi connectivity index (χ2n) is 4.10. The number of hydrogen-bond acceptors (Lipinski definition) is 3. The zero-order valence-electron chi connectivity index (χ0n) is 10.2. The van der Waals surface area contributed by atoms with Crippen molar-refractivity contribution in [3.8, 4) is 11.5 Å². The number of amides is 1. The quantitative estimate of drug-likeness (QED) is 0.807. The number of benzene rings is 2. The highest BCUT2D eigenvalue weighted by Crippen LogP contribution is 2.25. The lowest BCUT2D eigenvalue weighted by atomic mass is 10.1. The molecule has 2 aromatic rings. The summed E-state index contributed by atoms with van der Waals surface area (Å²) in [6, 6.07) is 7.13. The Hall–Kier alpha value is -2.63. The molecule has 0 spiro atoms. The van der Waals surface area contributed by atoms with E-state index in [-0.39, 0.29) is 23.6 Å². The van der Waals surface area contributed by atoms with Gasteiger partial charge in [0.15, 0.2) is 11.6 Å². The molecule has 0 fully saturated rings. The molecule has 2 rings (SSSR count). The molecule has 2 aromatic carbocycles. The van der Waals surface area contributed by atoms with Crippen LogP contribution in [0.3, 0.4) is 0 Å². The van der Waals surface area contributed by atoms with E-state index in [0.717, 1.165) is 12.1 Å². The molecule has 104 valence electrons. The molecule has 0 saturated carbocycles. The average Bonchev–Trinajstić information content (AvgIpc) is 2.40. The summed E-state index contributed by atoms with van der Waals surface area (Å²) in [6.45, 7) is -0.0657. The van der Waals surface area contributed by atoms with Gasteiger partial charge in [0.2, 0.25) is 0 Å². The summed E-state index contributed by atoms with van der Waals surface area (Å²) in [5.41, 5.74) is 0.0854. The Morgan fingerprint density at radius 2 is 1.70 bits per heavy atom. The van der Waals surface area contributed by atoms with Crippen LogP contribution in [0.25, 0.3) is 0 Å². The first-order valence-corrected chi connectivity index (χ1v) is 5.72. The first kappa shape index (κ1) is 13.8. The summed E-state index contributed by atoms with van der Waals surface area (Å²) < 4.78 is 25.7. The fourth-order valence-electron chi connectivity index (χ4n) is 1.68. The molecule has 0 unspecified atom stereocenters. The van der Waals surface area contributed by atoms with Gasteiger partial charge in [-0.1, -0.05) is 12.1 Å². The number of aromatic hydroxyl groups is 2. The maximum atomic E-state index is 13.0. The van der Waals surface area contributed by atoms with Gasteiger partial charge >= 0.3 is 0 Å². The fourth-order valence-corrected chi connectivity index (χ4v) is 1.68. The van der Waals surface area contributed by atoms with Crippen LogP contribution in [0.4, 0.5) is 8.78 Å². The minimum atomic E-state index is -1.01. The molecule has 0 heterocycles. The lowest BCUT2D eigenvalue weighted by molar-refractivity contribution is 0.0945. The number of nitrogens with one attached hydrogen (secondary N) is 1.